The van der Waals surface area contributed by atoms with Gasteiger partial charge in [0.05, 0.1) is 6.61 Å². The first kappa shape index (κ1) is 14.9. The highest BCUT2D eigenvalue weighted by Crippen LogP contribution is 2.31. The number of ether oxygens (including phenoxy) is 3. The molecule has 0 amide bonds. The second-order valence-corrected chi connectivity index (χ2v) is 4.56. The van der Waals surface area contributed by atoms with Crippen LogP contribution in [0.4, 0.5) is 0 Å². The van der Waals surface area contributed by atoms with Crippen LogP contribution in [0.25, 0.3) is 6.08 Å². The molecule has 0 unspecified atom stereocenters. The Bertz CT molecular complexity index is 586. The van der Waals surface area contributed by atoms with Gasteiger partial charge in [-0.3, -0.25) is 0 Å². The van der Waals surface area contributed by atoms with Crippen molar-refractivity contribution in [3.63, 3.8) is 0 Å². The van der Waals surface area contributed by atoms with Crippen LogP contribution in [0.1, 0.15) is 25.3 Å². The molecule has 1 aliphatic rings. The van der Waals surface area contributed by atoms with Gasteiger partial charge in [0.15, 0.2) is 11.5 Å². The summed E-state index contributed by atoms with van der Waals surface area (Å²) in [5.41, 5.74) is 0.672. The third-order valence-electron chi connectivity index (χ3n) is 2.95. The standard InChI is InChI=1S/C16H17NO4/c1-2-3-6-21-16(18)13(11-17)9-12-4-5-14-15(10-12)20-8-7-19-14/h4-5,9-10H,2-3,6-8H2,1H3/b13-9+. The molecule has 0 aromatic heterocycles. The van der Waals surface area contributed by atoms with E-state index in [9.17, 15) is 4.79 Å². The van der Waals surface area contributed by atoms with Gasteiger partial charge in [-0.1, -0.05) is 19.4 Å². The molecule has 5 nitrogen and oxygen atoms in total. The Hall–Kier alpha value is -2.48. The van der Waals surface area contributed by atoms with E-state index in [-0.39, 0.29) is 5.57 Å². The van der Waals surface area contributed by atoms with Gasteiger partial charge in [-0.05, 0) is 30.2 Å². The molecule has 0 saturated heterocycles. The van der Waals surface area contributed by atoms with Crippen molar-refractivity contribution >= 4 is 12.0 Å². The zero-order chi connectivity index (χ0) is 15.1. The molecule has 0 fully saturated rings. The fourth-order valence-corrected chi connectivity index (χ4v) is 1.84. The molecule has 0 spiro atoms. The Balaban J connectivity index is 2.12. The molecule has 2 rings (SSSR count). The minimum Gasteiger partial charge on any atom is -0.486 e. The average molecular weight is 287 g/mol. The van der Waals surface area contributed by atoms with Gasteiger partial charge >= 0.3 is 5.97 Å². The van der Waals surface area contributed by atoms with E-state index >= 15 is 0 Å². The second kappa shape index (κ2) is 7.34. The van der Waals surface area contributed by atoms with Crippen molar-refractivity contribution < 1.29 is 19.0 Å². The largest absolute Gasteiger partial charge is 0.486 e. The van der Waals surface area contributed by atoms with Crippen molar-refractivity contribution in [3.05, 3.63) is 29.3 Å². The number of carbonyl (C=O) groups excluding carboxylic acids is 1. The first-order valence-electron chi connectivity index (χ1n) is 6.93. The van der Waals surface area contributed by atoms with Crippen molar-refractivity contribution in [1.82, 2.24) is 0 Å². The monoisotopic (exact) mass is 287 g/mol. The van der Waals surface area contributed by atoms with Crippen LogP contribution in [-0.2, 0) is 9.53 Å². The molecule has 0 atom stereocenters. The molecule has 0 saturated carbocycles. The number of hydrogen-bond acceptors (Lipinski definition) is 5. The average Bonchev–Trinajstić information content (AvgIpc) is 2.52. The third kappa shape index (κ3) is 3.99. The molecular weight excluding hydrogens is 270 g/mol. The number of rotatable bonds is 5. The molecule has 1 heterocycles. The van der Waals surface area contributed by atoms with Gasteiger partial charge in [-0.25, -0.2) is 4.79 Å². The van der Waals surface area contributed by atoms with Gasteiger partial charge in [0.1, 0.15) is 24.9 Å². The van der Waals surface area contributed by atoms with E-state index in [1.165, 1.54) is 6.08 Å². The maximum Gasteiger partial charge on any atom is 0.348 e. The summed E-state index contributed by atoms with van der Waals surface area (Å²) in [4.78, 5) is 11.8. The Morgan fingerprint density at radius 3 is 2.86 bits per heavy atom. The predicted octanol–water partition coefficient (Wildman–Crippen LogP) is 2.71. The van der Waals surface area contributed by atoms with Crippen molar-refractivity contribution in [2.45, 2.75) is 19.8 Å². The SMILES string of the molecule is CCCCOC(=O)/C(C#N)=C/c1ccc2c(c1)OCCO2. The van der Waals surface area contributed by atoms with E-state index in [4.69, 9.17) is 19.5 Å². The Labute approximate surface area is 123 Å². The Kier molecular flexibility index (Phi) is 5.22. The molecule has 1 aromatic carbocycles. The topological polar surface area (TPSA) is 68.6 Å². The van der Waals surface area contributed by atoms with Crippen molar-refractivity contribution in [2.24, 2.45) is 0 Å². The summed E-state index contributed by atoms with van der Waals surface area (Å²) in [7, 11) is 0. The van der Waals surface area contributed by atoms with Crippen LogP contribution in [0.15, 0.2) is 23.8 Å². The smallest absolute Gasteiger partial charge is 0.348 e. The zero-order valence-corrected chi connectivity index (χ0v) is 11.9. The first-order chi connectivity index (χ1) is 10.2. The van der Waals surface area contributed by atoms with E-state index in [1.807, 2.05) is 13.0 Å². The lowest BCUT2D eigenvalue weighted by Crippen LogP contribution is -2.15. The molecule has 1 aromatic rings. The molecular formula is C16H17NO4. The van der Waals surface area contributed by atoms with Gasteiger partial charge in [0, 0.05) is 0 Å². The van der Waals surface area contributed by atoms with Crippen LogP contribution >= 0.6 is 0 Å². The van der Waals surface area contributed by atoms with Crippen molar-refractivity contribution in [1.29, 1.82) is 5.26 Å². The summed E-state index contributed by atoms with van der Waals surface area (Å²) in [6.07, 6.45) is 3.21. The fraction of sp³-hybridized carbons (Fsp3) is 0.375. The van der Waals surface area contributed by atoms with Crippen LogP contribution in [0.5, 0.6) is 11.5 Å². The number of nitrogens with zero attached hydrogens (tertiary/aromatic N) is 1. The van der Waals surface area contributed by atoms with Gasteiger partial charge in [-0.15, -0.1) is 0 Å². The molecule has 0 radical (unpaired) electrons. The van der Waals surface area contributed by atoms with Crippen LogP contribution in [0, 0.1) is 11.3 Å². The number of hydrogen-bond donors (Lipinski definition) is 0. The zero-order valence-electron chi connectivity index (χ0n) is 11.9. The van der Waals surface area contributed by atoms with Crippen LogP contribution in [-0.4, -0.2) is 25.8 Å². The third-order valence-corrected chi connectivity index (χ3v) is 2.95. The Morgan fingerprint density at radius 1 is 1.38 bits per heavy atom. The molecule has 1 aliphatic heterocycles. The lowest BCUT2D eigenvalue weighted by molar-refractivity contribution is -0.138. The van der Waals surface area contributed by atoms with Crippen LogP contribution < -0.4 is 9.47 Å². The molecule has 110 valence electrons. The molecule has 0 bridgehead atoms. The summed E-state index contributed by atoms with van der Waals surface area (Å²) < 4.78 is 15.9. The fourth-order valence-electron chi connectivity index (χ4n) is 1.84. The maximum absolute atomic E-state index is 11.8. The van der Waals surface area contributed by atoms with E-state index in [0.29, 0.717) is 36.9 Å². The van der Waals surface area contributed by atoms with E-state index < -0.39 is 5.97 Å². The molecule has 0 N–H and O–H groups in total. The summed E-state index contributed by atoms with van der Waals surface area (Å²) in [6.45, 7) is 3.35. The highest BCUT2D eigenvalue weighted by molar-refractivity contribution is 5.97. The normalized spacial score (nSPS) is 13.4. The van der Waals surface area contributed by atoms with Gasteiger partial charge in [-0.2, -0.15) is 5.26 Å². The van der Waals surface area contributed by atoms with E-state index in [1.54, 1.807) is 18.2 Å². The van der Waals surface area contributed by atoms with Crippen LogP contribution in [0.2, 0.25) is 0 Å². The maximum atomic E-state index is 11.8. The number of esters is 1. The first-order valence-corrected chi connectivity index (χ1v) is 6.93. The summed E-state index contributed by atoms with van der Waals surface area (Å²) in [6, 6.07) is 7.14. The number of benzene rings is 1. The molecule has 21 heavy (non-hydrogen) atoms. The lowest BCUT2D eigenvalue weighted by atomic mass is 10.1. The highest BCUT2D eigenvalue weighted by Gasteiger charge is 2.14. The Morgan fingerprint density at radius 2 is 2.14 bits per heavy atom. The van der Waals surface area contributed by atoms with Crippen LogP contribution in [0.3, 0.4) is 0 Å². The van der Waals surface area contributed by atoms with E-state index in [2.05, 4.69) is 0 Å². The summed E-state index contributed by atoms with van der Waals surface area (Å²) >= 11 is 0. The summed E-state index contributed by atoms with van der Waals surface area (Å²) in [5, 5.41) is 9.08. The summed E-state index contributed by atoms with van der Waals surface area (Å²) in [5.74, 6) is 0.690. The van der Waals surface area contributed by atoms with Crippen molar-refractivity contribution in [2.75, 3.05) is 19.8 Å². The minimum absolute atomic E-state index is 0.0252. The molecule has 5 heteroatoms. The lowest BCUT2D eigenvalue weighted by Gasteiger charge is -2.18. The van der Waals surface area contributed by atoms with Gasteiger partial charge in [0.2, 0.25) is 0 Å². The number of nitriles is 1. The second-order valence-electron chi connectivity index (χ2n) is 4.56. The predicted molar refractivity (Wildman–Crippen MR) is 76.9 cm³/mol. The minimum atomic E-state index is -0.596. The number of unbranched alkanes of at least 4 members (excludes halogenated alkanes) is 1. The number of carbonyl (C=O) groups is 1. The number of fused-ring (bicyclic) bond motifs is 1. The van der Waals surface area contributed by atoms with Gasteiger partial charge in [0.25, 0.3) is 0 Å². The van der Waals surface area contributed by atoms with Gasteiger partial charge < -0.3 is 14.2 Å². The van der Waals surface area contributed by atoms with Crippen molar-refractivity contribution in [3.8, 4) is 17.6 Å². The quantitative estimate of drug-likeness (QED) is 0.360. The van der Waals surface area contributed by atoms with E-state index in [0.717, 1.165) is 12.8 Å². The highest BCUT2D eigenvalue weighted by atomic mass is 16.6. The molecule has 0 aliphatic carbocycles.